The molecule has 0 aromatic heterocycles. The lowest BCUT2D eigenvalue weighted by Crippen LogP contribution is -2.43. The summed E-state index contributed by atoms with van der Waals surface area (Å²) in [5.41, 5.74) is 0.539. The number of nitrogens with one attached hydrogen (secondary N) is 1. The van der Waals surface area contributed by atoms with E-state index in [0.29, 0.717) is 43.3 Å². The molecule has 0 spiro atoms. The fourth-order valence-electron chi connectivity index (χ4n) is 2.94. The van der Waals surface area contributed by atoms with Crippen LogP contribution in [-0.4, -0.2) is 58.8 Å². The van der Waals surface area contributed by atoms with E-state index in [1.807, 2.05) is 6.92 Å². The first kappa shape index (κ1) is 19.5. The molecule has 1 atom stereocenters. The largest absolute Gasteiger partial charge is 0.493 e. The number of carbonyl (C=O) groups is 1. The zero-order valence-electron chi connectivity index (χ0n) is 14.9. The predicted octanol–water partition coefficient (Wildman–Crippen LogP) is 1.50. The van der Waals surface area contributed by atoms with Gasteiger partial charge in [-0.25, -0.2) is 13.1 Å². The highest BCUT2D eigenvalue weighted by Crippen LogP contribution is 2.29. The van der Waals surface area contributed by atoms with Crippen LogP contribution in [0.1, 0.15) is 30.1 Å². The van der Waals surface area contributed by atoms with Gasteiger partial charge in [-0.2, -0.15) is 0 Å². The van der Waals surface area contributed by atoms with Gasteiger partial charge >= 0.3 is 0 Å². The summed E-state index contributed by atoms with van der Waals surface area (Å²) in [6.07, 6.45) is 2.90. The fraction of sp³-hybridized carbons (Fsp3) is 0.588. The highest BCUT2D eigenvalue weighted by Gasteiger charge is 2.25. The molecule has 1 unspecified atom stereocenters. The molecule has 7 nitrogen and oxygen atoms in total. The van der Waals surface area contributed by atoms with Crippen molar-refractivity contribution in [1.29, 1.82) is 0 Å². The molecule has 0 bridgehead atoms. The highest BCUT2D eigenvalue weighted by atomic mass is 32.2. The van der Waals surface area contributed by atoms with Gasteiger partial charge in [-0.3, -0.25) is 4.79 Å². The Labute approximate surface area is 149 Å². The van der Waals surface area contributed by atoms with Gasteiger partial charge in [0.1, 0.15) is 0 Å². The van der Waals surface area contributed by atoms with Gasteiger partial charge in [-0.15, -0.1) is 0 Å². The molecule has 1 aromatic rings. The number of hydrogen-bond acceptors (Lipinski definition) is 5. The Kier molecular flexibility index (Phi) is 6.66. The van der Waals surface area contributed by atoms with Crippen molar-refractivity contribution in [3.63, 3.8) is 0 Å². The maximum atomic E-state index is 12.8. The van der Waals surface area contributed by atoms with Gasteiger partial charge in [0.25, 0.3) is 5.91 Å². The number of methoxy groups -OCH3 is 1. The quantitative estimate of drug-likeness (QED) is 0.786. The molecular formula is C17H26N2O5S. The van der Waals surface area contributed by atoms with E-state index < -0.39 is 10.0 Å². The Morgan fingerprint density at radius 3 is 2.76 bits per heavy atom. The first-order chi connectivity index (χ1) is 11.8. The lowest BCUT2D eigenvalue weighted by Gasteiger charge is -2.33. The molecule has 1 aromatic carbocycles. The van der Waals surface area contributed by atoms with Crippen LogP contribution in [0.3, 0.4) is 0 Å². The topological polar surface area (TPSA) is 84.9 Å². The van der Waals surface area contributed by atoms with Crippen molar-refractivity contribution in [1.82, 2.24) is 9.62 Å². The molecule has 25 heavy (non-hydrogen) atoms. The van der Waals surface area contributed by atoms with Crippen molar-refractivity contribution < 1.29 is 22.7 Å². The van der Waals surface area contributed by atoms with E-state index >= 15 is 0 Å². The van der Waals surface area contributed by atoms with E-state index in [1.165, 1.54) is 0 Å². The summed E-state index contributed by atoms with van der Waals surface area (Å²) >= 11 is 0. The van der Waals surface area contributed by atoms with E-state index in [0.717, 1.165) is 19.1 Å². The van der Waals surface area contributed by atoms with Crippen LogP contribution in [0.25, 0.3) is 0 Å². The van der Waals surface area contributed by atoms with Crippen LogP contribution in [0.15, 0.2) is 18.2 Å². The number of ether oxygens (including phenoxy) is 2. The molecule has 0 aliphatic carbocycles. The fourth-order valence-corrected chi connectivity index (χ4v) is 3.48. The van der Waals surface area contributed by atoms with E-state index in [-0.39, 0.29) is 11.8 Å². The number of piperidine rings is 1. The van der Waals surface area contributed by atoms with E-state index in [9.17, 15) is 13.2 Å². The van der Waals surface area contributed by atoms with Crippen molar-refractivity contribution >= 4 is 15.9 Å². The van der Waals surface area contributed by atoms with Crippen LogP contribution in [0.2, 0.25) is 0 Å². The molecule has 1 fully saturated rings. The van der Waals surface area contributed by atoms with Gasteiger partial charge < -0.3 is 14.4 Å². The monoisotopic (exact) mass is 370 g/mol. The van der Waals surface area contributed by atoms with Gasteiger partial charge in [0.15, 0.2) is 11.5 Å². The Bertz CT molecular complexity index is 705. The molecule has 8 heteroatoms. The number of amides is 1. The third-order valence-corrected chi connectivity index (χ3v) is 4.84. The molecule has 0 saturated carbocycles. The molecule has 2 rings (SSSR count). The molecule has 1 heterocycles. The summed E-state index contributed by atoms with van der Waals surface area (Å²) in [5, 5.41) is 0. The first-order valence-electron chi connectivity index (χ1n) is 8.38. The molecule has 140 valence electrons. The summed E-state index contributed by atoms with van der Waals surface area (Å²) in [6.45, 7) is 3.97. The van der Waals surface area contributed by atoms with Gasteiger partial charge in [0, 0.05) is 25.2 Å². The number of hydrogen-bond donors (Lipinski definition) is 1. The molecule has 1 aliphatic heterocycles. The van der Waals surface area contributed by atoms with Gasteiger partial charge in [-0.05, 0) is 43.9 Å². The van der Waals surface area contributed by atoms with Crippen molar-refractivity contribution in [2.24, 2.45) is 5.92 Å². The second-order valence-electron chi connectivity index (χ2n) is 6.18. The Balaban J connectivity index is 2.06. The maximum Gasteiger partial charge on any atom is 0.254 e. The van der Waals surface area contributed by atoms with Crippen molar-refractivity contribution in [2.75, 3.05) is 39.6 Å². The van der Waals surface area contributed by atoms with Crippen LogP contribution in [0, 0.1) is 5.92 Å². The van der Waals surface area contributed by atoms with Crippen LogP contribution in [-0.2, 0) is 10.0 Å². The molecule has 1 N–H and O–H groups in total. The van der Waals surface area contributed by atoms with Gasteiger partial charge in [-0.1, -0.05) is 0 Å². The van der Waals surface area contributed by atoms with E-state index in [4.69, 9.17) is 9.47 Å². The Hall–Kier alpha value is -1.80. The number of benzene rings is 1. The minimum atomic E-state index is -3.22. The van der Waals surface area contributed by atoms with E-state index in [1.54, 1.807) is 30.2 Å². The predicted molar refractivity (Wildman–Crippen MR) is 95.6 cm³/mol. The minimum absolute atomic E-state index is 0.0783. The van der Waals surface area contributed by atoms with E-state index in [2.05, 4.69) is 4.72 Å². The molecule has 1 saturated heterocycles. The highest BCUT2D eigenvalue weighted by molar-refractivity contribution is 7.88. The molecule has 0 radical (unpaired) electrons. The van der Waals surface area contributed by atoms with Crippen molar-refractivity contribution in [2.45, 2.75) is 19.8 Å². The molecule has 1 amide bonds. The number of sulfonamides is 1. The summed E-state index contributed by atoms with van der Waals surface area (Å²) in [6, 6.07) is 5.15. The molecule has 1 aliphatic rings. The second-order valence-corrected chi connectivity index (χ2v) is 8.01. The minimum Gasteiger partial charge on any atom is -0.493 e. The Morgan fingerprint density at radius 2 is 2.12 bits per heavy atom. The number of rotatable bonds is 7. The molecular weight excluding hydrogens is 344 g/mol. The first-order valence-corrected chi connectivity index (χ1v) is 10.3. The van der Waals surface area contributed by atoms with Gasteiger partial charge in [0.2, 0.25) is 10.0 Å². The number of likely N-dealkylation sites (tertiary alicyclic amines) is 1. The average molecular weight is 370 g/mol. The third kappa shape index (κ3) is 5.61. The smallest absolute Gasteiger partial charge is 0.254 e. The Morgan fingerprint density at radius 1 is 1.36 bits per heavy atom. The van der Waals surface area contributed by atoms with Crippen LogP contribution in [0.5, 0.6) is 11.5 Å². The van der Waals surface area contributed by atoms with Crippen LogP contribution in [0.4, 0.5) is 0 Å². The second kappa shape index (κ2) is 8.53. The summed E-state index contributed by atoms with van der Waals surface area (Å²) < 4.78 is 35.8. The van der Waals surface area contributed by atoms with Gasteiger partial charge in [0.05, 0.1) is 20.0 Å². The zero-order valence-corrected chi connectivity index (χ0v) is 15.8. The third-order valence-electron chi connectivity index (χ3n) is 4.15. The standard InChI is InChI=1S/C17H26N2O5S/c1-4-24-15-8-7-14(10-16(15)23-2)17(20)19-9-5-6-13(12-19)11-18-25(3,21)22/h7-8,10,13,18H,4-6,9,11-12H2,1-3H3. The number of carbonyl (C=O) groups excluding carboxylic acids is 1. The maximum absolute atomic E-state index is 12.8. The SMILES string of the molecule is CCOc1ccc(C(=O)N2CCCC(CNS(C)(=O)=O)C2)cc1OC. The summed E-state index contributed by atoms with van der Waals surface area (Å²) in [7, 11) is -1.67. The zero-order chi connectivity index (χ0) is 18.4. The normalized spacial score (nSPS) is 18.0. The summed E-state index contributed by atoms with van der Waals surface area (Å²) in [5.74, 6) is 1.18. The van der Waals surface area contributed by atoms with Crippen LogP contribution >= 0.6 is 0 Å². The lowest BCUT2D eigenvalue weighted by atomic mass is 9.97. The number of nitrogens with zero attached hydrogens (tertiary/aromatic N) is 1. The van der Waals surface area contributed by atoms with Crippen molar-refractivity contribution in [3.8, 4) is 11.5 Å². The average Bonchev–Trinajstić information content (AvgIpc) is 2.59. The lowest BCUT2D eigenvalue weighted by molar-refractivity contribution is 0.0676. The van der Waals surface area contributed by atoms with Crippen molar-refractivity contribution in [3.05, 3.63) is 23.8 Å². The van der Waals surface area contributed by atoms with Crippen LogP contribution < -0.4 is 14.2 Å². The summed E-state index contributed by atoms with van der Waals surface area (Å²) in [4.78, 5) is 14.5.